The van der Waals surface area contributed by atoms with E-state index in [1.807, 2.05) is 44.2 Å². The first kappa shape index (κ1) is 25.9. The van der Waals surface area contributed by atoms with Crippen LogP contribution in [0.1, 0.15) is 36.5 Å². The summed E-state index contributed by atoms with van der Waals surface area (Å²) in [4.78, 5) is 14.2. The maximum absolute atomic E-state index is 10.9. The number of carboxylic acids is 1. The third kappa shape index (κ3) is 6.57. The number of nitrogens with one attached hydrogen (secondary N) is 1. The van der Waals surface area contributed by atoms with E-state index in [-0.39, 0.29) is 30.7 Å². The Balaban J connectivity index is 2.43. The van der Waals surface area contributed by atoms with Gasteiger partial charge in [-0.25, -0.2) is 0 Å². The molecule has 8 heteroatoms. The van der Waals surface area contributed by atoms with Gasteiger partial charge < -0.3 is 19.7 Å². The normalized spacial score (nSPS) is 11.0. The van der Waals surface area contributed by atoms with Crippen LogP contribution in [0.15, 0.2) is 43.0 Å². The van der Waals surface area contributed by atoms with Gasteiger partial charge in [-0.1, -0.05) is 32.6 Å². The number of rotatable bonds is 11. The fourth-order valence-corrected chi connectivity index (χ4v) is 3.59. The van der Waals surface area contributed by atoms with Crippen molar-refractivity contribution in [3.05, 3.63) is 59.7 Å². The molecule has 0 spiro atoms. The number of hydrogen-bond acceptors (Lipinski definition) is 6. The molecule has 0 saturated heterocycles. The summed E-state index contributed by atoms with van der Waals surface area (Å²) in [5.41, 5.74) is 3.44. The van der Waals surface area contributed by atoms with Crippen molar-refractivity contribution in [2.75, 3.05) is 39.3 Å². The van der Waals surface area contributed by atoms with Gasteiger partial charge in [0.25, 0.3) is 0 Å². The molecule has 2 rings (SSSR count). The minimum Gasteiger partial charge on any atom is -0.507 e. The number of hydrogen-bond donors (Lipinski definition) is 3. The number of likely N-dealkylation sites (N-methyl/N-ethyl adjacent to an activating group) is 1. The summed E-state index contributed by atoms with van der Waals surface area (Å²) < 4.78 is 10.6. The standard InChI is InChI=1S/C25H33N3O5/c1-16(2)20-11-21(22(29)12-23(20)33-6)17(3)28(24(26)15-32-5)19-9-7-18(8-10-19)13-27(4)14-25(30)31/h7-12,16,26,29H,3,13-15H2,1-2,4-6H3,(H,30,31). The molecular weight excluding hydrogens is 422 g/mol. The van der Waals surface area contributed by atoms with Crippen LogP contribution >= 0.6 is 0 Å². The molecule has 0 radical (unpaired) electrons. The van der Waals surface area contributed by atoms with Gasteiger partial charge in [0.2, 0.25) is 0 Å². The Hall–Kier alpha value is -3.36. The third-order valence-corrected chi connectivity index (χ3v) is 5.15. The number of carboxylic acid groups (broad SMARTS) is 1. The van der Waals surface area contributed by atoms with Crippen LogP contribution in [0.2, 0.25) is 0 Å². The first-order valence-electron chi connectivity index (χ1n) is 10.5. The zero-order valence-corrected chi connectivity index (χ0v) is 19.9. The third-order valence-electron chi connectivity index (χ3n) is 5.15. The lowest BCUT2D eigenvalue weighted by Crippen LogP contribution is -2.31. The molecule has 0 aliphatic heterocycles. The SMILES string of the molecule is C=C(c1cc(C(C)C)c(OC)cc1O)N(C(=N)COC)c1ccc(CN(C)CC(=O)O)cc1. The van der Waals surface area contributed by atoms with Crippen molar-refractivity contribution in [1.29, 1.82) is 5.41 Å². The van der Waals surface area contributed by atoms with E-state index < -0.39 is 5.97 Å². The maximum Gasteiger partial charge on any atom is 0.317 e. The molecule has 2 aromatic rings. The van der Waals surface area contributed by atoms with Crippen LogP contribution in [-0.2, 0) is 16.1 Å². The van der Waals surface area contributed by atoms with Gasteiger partial charge in [0.05, 0.1) is 19.4 Å². The summed E-state index contributed by atoms with van der Waals surface area (Å²) in [6.07, 6.45) is 0. The monoisotopic (exact) mass is 455 g/mol. The average molecular weight is 456 g/mol. The van der Waals surface area contributed by atoms with Crippen LogP contribution in [-0.4, -0.2) is 61.3 Å². The molecule has 3 N–H and O–H groups in total. The Morgan fingerprint density at radius 2 is 1.82 bits per heavy atom. The van der Waals surface area contributed by atoms with Crippen molar-refractivity contribution in [1.82, 2.24) is 4.90 Å². The van der Waals surface area contributed by atoms with E-state index in [1.54, 1.807) is 30.0 Å². The second kappa shape index (κ2) is 11.5. The van der Waals surface area contributed by atoms with Crippen LogP contribution in [0.25, 0.3) is 5.70 Å². The van der Waals surface area contributed by atoms with Gasteiger partial charge in [-0.05, 0) is 42.3 Å². The number of ether oxygens (including phenoxy) is 2. The van der Waals surface area contributed by atoms with Gasteiger partial charge >= 0.3 is 5.97 Å². The van der Waals surface area contributed by atoms with Gasteiger partial charge in [-0.2, -0.15) is 0 Å². The molecular formula is C25H33N3O5. The quantitative estimate of drug-likeness (QED) is 0.345. The number of phenolic OH excluding ortho intramolecular Hbond substituents is 1. The van der Waals surface area contributed by atoms with Crippen LogP contribution in [0.3, 0.4) is 0 Å². The van der Waals surface area contributed by atoms with Gasteiger partial charge in [0.15, 0.2) is 0 Å². The van der Waals surface area contributed by atoms with Crippen molar-refractivity contribution in [3.8, 4) is 11.5 Å². The highest BCUT2D eigenvalue weighted by Gasteiger charge is 2.22. The Labute approximate surface area is 195 Å². The number of benzene rings is 2. The second-order valence-corrected chi connectivity index (χ2v) is 8.16. The van der Waals surface area contributed by atoms with E-state index in [0.717, 1.165) is 11.1 Å². The second-order valence-electron chi connectivity index (χ2n) is 8.16. The van der Waals surface area contributed by atoms with Crippen LogP contribution < -0.4 is 9.64 Å². The number of carbonyl (C=O) groups is 1. The molecule has 0 atom stereocenters. The Kier molecular flexibility index (Phi) is 9.02. The van der Waals surface area contributed by atoms with E-state index in [4.69, 9.17) is 20.0 Å². The minimum atomic E-state index is -0.885. The molecule has 0 aromatic heterocycles. The summed E-state index contributed by atoms with van der Waals surface area (Å²) in [5, 5.41) is 28.2. The predicted molar refractivity (Wildman–Crippen MR) is 130 cm³/mol. The number of amidine groups is 1. The predicted octanol–water partition coefficient (Wildman–Crippen LogP) is 4.14. The molecule has 178 valence electrons. The summed E-state index contributed by atoms with van der Waals surface area (Å²) in [7, 11) is 4.81. The lowest BCUT2D eigenvalue weighted by atomic mass is 9.97. The van der Waals surface area contributed by atoms with E-state index >= 15 is 0 Å². The fraction of sp³-hybridized carbons (Fsp3) is 0.360. The van der Waals surface area contributed by atoms with Gasteiger partial charge in [-0.3, -0.25) is 20.0 Å². The zero-order valence-electron chi connectivity index (χ0n) is 19.9. The summed E-state index contributed by atoms with van der Waals surface area (Å²) in [6, 6.07) is 10.8. The molecule has 0 bridgehead atoms. The van der Waals surface area contributed by atoms with Crippen molar-refractivity contribution in [2.24, 2.45) is 0 Å². The molecule has 2 aromatic carbocycles. The number of anilines is 1. The molecule has 0 aliphatic carbocycles. The Morgan fingerprint density at radius 3 is 2.33 bits per heavy atom. The summed E-state index contributed by atoms with van der Waals surface area (Å²) in [6.45, 7) is 8.71. The summed E-state index contributed by atoms with van der Waals surface area (Å²) in [5.74, 6) is 0.0149. The van der Waals surface area contributed by atoms with E-state index in [1.165, 1.54) is 7.11 Å². The summed E-state index contributed by atoms with van der Waals surface area (Å²) >= 11 is 0. The number of methoxy groups -OCH3 is 2. The average Bonchev–Trinajstić information content (AvgIpc) is 2.74. The highest BCUT2D eigenvalue weighted by molar-refractivity contribution is 6.08. The van der Waals surface area contributed by atoms with Crippen molar-refractivity contribution in [2.45, 2.75) is 26.3 Å². The molecule has 0 saturated carbocycles. The van der Waals surface area contributed by atoms with Crippen LogP contribution in [0.5, 0.6) is 11.5 Å². The first-order chi connectivity index (χ1) is 15.6. The smallest absolute Gasteiger partial charge is 0.317 e. The zero-order chi connectivity index (χ0) is 24.7. The lowest BCUT2D eigenvalue weighted by molar-refractivity contribution is -0.138. The number of nitrogens with zero attached hydrogens (tertiary/aromatic N) is 2. The first-order valence-corrected chi connectivity index (χ1v) is 10.5. The van der Waals surface area contributed by atoms with Crippen molar-refractivity contribution in [3.63, 3.8) is 0 Å². The number of aliphatic carboxylic acids is 1. The number of aromatic hydroxyl groups is 1. The maximum atomic E-state index is 10.9. The van der Waals surface area contributed by atoms with Crippen LogP contribution in [0.4, 0.5) is 5.69 Å². The molecule has 0 heterocycles. The van der Waals surface area contributed by atoms with Crippen molar-refractivity contribution >= 4 is 23.2 Å². The minimum absolute atomic E-state index is 0.00313. The van der Waals surface area contributed by atoms with Crippen LogP contribution in [0, 0.1) is 5.41 Å². The fourth-order valence-electron chi connectivity index (χ4n) is 3.59. The lowest BCUT2D eigenvalue weighted by Gasteiger charge is -2.28. The molecule has 0 unspecified atom stereocenters. The van der Waals surface area contributed by atoms with Gasteiger partial charge in [0.1, 0.15) is 23.9 Å². The topological polar surface area (TPSA) is 106 Å². The highest BCUT2D eigenvalue weighted by atomic mass is 16.5. The van der Waals surface area contributed by atoms with E-state index in [0.29, 0.717) is 29.2 Å². The largest absolute Gasteiger partial charge is 0.507 e. The molecule has 8 nitrogen and oxygen atoms in total. The Morgan fingerprint density at radius 1 is 1.18 bits per heavy atom. The Bertz CT molecular complexity index is 1000. The molecule has 0 fully saturated rings. The van der Waals surface area contributed by atoms with Gasteiger partial charge in [0, 0.05) is 31.0 Å². The van der Waals surface area contributed by atoms with Crippen molar-refractivity contribution < 1.29 is 24.5 Å². The molecule has 0 amide bonds. The number of phenols is 1. The molecule has 0 aliphatic rings. The van der Waals surface area contributed by atoms with Gasteiger partial charge in [-0.15, -0.1) is 0 Å². The van der Waals surface area contributed by atoms with E-state index in [2.05, 4.69) is 6.58 Å². The van der Waals surface area contributed by atoms with E-state index in [9.17, 15) is 9.90 Å². The molecule has 33 heavy (non-hydrogen) atoms. The highest BCUT2D eigenvalue weighted by Crippen LogP contribution is 2.38.